The quantitative estimate of drug-likeness (QED) is 0.386. The lowest BCUT2D eigenvalue weighted by Crippen LogP contribution is -2.07. The maximum atomic E-state index is 12.0. The minimum Gasteiger partial charge on any atom is -0.465 e. The smallest absolute Gasteiger partial charge is 0.338 e. The number of nitro groups is 1. The van der Waals surface area contributed by atoms with Gasteiger partial charge in [-0.05, 0) is 29.8 Å². The minimum absolute atomic E-state index is 0.0297. The molecule has 2 N–H and O–H groups in total. The molecule has 0 aliphatic rings. The van der Waals surface area contributed by atoms with Gasteiger partial charge in [0.05, 0.1) is 23.2 Å². The topological polar surface area (TPSA) is 122 Å². The molecule has 0 saturated carbocycles. The summed E-state index contributed by atoms with van der Waals surface area (Å²) in [6, 6.07) is 10.0. The van der Waals surface area contributed by atoms with Gasteiger partial charge in [-0.2, -0.15) is 0 Å². The molecule has 0 spiro atoms. The predicted molar refractivity (Wildman–Crippen MR) is 84.4 cm³/mol. The molecule has 0 aromatic heterocycles. The van der Waals surface area contributed by atoms with Crippen LogP contribution in [0, 0.1) is 10.1 Å². The molecule has 0 amide bonds. The van der Waals surface area contributed by atoms with E-state index in [-0.39, 0.29) is 23.5 Å². The van der Waals surface area contributed by atoms with Crippen molar-refractivity contribution >= 4 is 23.3 Å². The van der Waals surface area contributed by atoms with Gasteiger partial charge < -0.3 is 15.2 Å². The van der Waals surface area contributed by atoms with E-state index in [0.717, 1.165) is 6.07 Å². The summed E-state index contributed by atoms with van der Waals surface area (Å²) in [5.74, 6) is -1.18. The van der Waals surface area contributed by atoms with Crippen LogP contribution in [-0.4, -0.2) is 24.0 Å². The zero-order valence-electron chi connectivity index (χ0n) is 12.7. The first-order valence-electron chi connectivity index (χ1n) is 6.80. The van der Waals surface area contributed by atoms with E-state index in [2.05, 4.69) is 4.74 Å². The molecule has 124 valence electrons. The molecule has 0 aliphatic heterocycles. The molecule has 0 unspecified atom stereocenters. The number of anilines is 1. The van der Waals surface area contributed by atoms with Crippen LogP contribution in [0.5, 0.6) is 0 Å². The zero-order chi connectivity index (χ0) is 17.7. The fourth-order valence-corrected chi connectivity index (χ4v) is 1.92. The predicted octanol–water partition coefficient (Wildman–Crippen LogP) is 2.32. The highest BCUT2D eigenvalue weighted by molar-refractivity contribution is 5.91. The van der Waals surface area contributed by atoms with Crippen molar-refractivity contribution in [3.05, 3.63) is 69.3 Å². The van der Waals surface area contributed by atoms with E-state index in [4.69, 9.17) is 10.5 Å². The largest absolute Gasteiger partial charge is 0.465 e. The molecule has 8 heteroatoms. The summed E-state index contributed by atoms with van der Waals surface area (Å²) in [7, 11) is 1.28. The SMILES string of the molecule is COC(=O)c1ccc(COC(=O)c2ccc(N)c([N+](=O)[O-])c2)cc1. The number of nitrogens with zero attached hydrogens (tertiary/aromatic N) is 1. The van der Waals surface area contributed by atoms with Crippen molar-refractivity contribution in [1.82, 2.24) is 0 Å². The Bertz CT molecular complexity index is 786. The van der Waals surface area contributed by atoms with Gasteiger partial charge in [0.1, 0.15) is 12.3 Å². The fourth-order valence-electron chi connectivity index (χ4n) is 1.92. The fraction of sp³-hybridized carbons (Fsp3) is 0.125. The molecule has 2 aromatic rings. The van der Waals surface area contributed by atoms with E-state index in [1.165, 1.54) is 19.2 Å². The third-order valence-corrected chi connectivity index (χ3v) is 3.21. The number of nitro benzene ring substituents is 1. The summed E-state index contributed by atoms with van der Waals surface area (Å²) in [5.41, 5.74) is 6.15. The number of hydrogen-bond donors (Lipinski definition) is 1. The van der Waals surface area contributed by atoms with Gasteiger partial charge in [0.2, 0.25) is 0 Å². The second-order valence-electron chi connectivity index (χ2n) is 4.80. The first-order valence-corrected chi connectivity index (χ1v) is 6.80. The van der Waals surface area contributed by atoms with Crippen molar-refractivity contribution in [2.75, 3.05) is 12.8 Å². The van der Waals surface area contributed by atoms with E-state index >= 15 is 0 Å². The second-order valence-corrected chi connectivity index (χ2v) is 4.80. The molecular formula is C16H14N2O6. The van der Waals surface area contributed by atoms with Gasteiger partial charge in [-0.1, -0.05) is 12.1 Å². The Kier molecular flexibility index (Phi) is 5.10. The van der Waals surface area contributed by atoms with Gasteiger partial charge in [-0.3, -0.25) is 10.1 Å². The van der Waals surface area contributed by atoms with Crippen molar-refractivity contribution in [3.63, 3.8) is 0 Å². The summed E-state index contributed by atoms with van der Waals surface area (Å²) < 4.78 is 9.68. The molecule has 2 aromatic carbocycles. The van der Waals surface area contributed by atoms with Crippen LogP contribution in [-0.2, 0) is 16.1 Å². The van der Waals surface area contributed by atoms with Crippen molar-refractivity contribution in [1.29, 1.82) is 0 Å². The molecule has 0 bridgehead atoms. The van der Waals surface area contributed by atoms with Gasteiger partial charge >= 0.3 is 11.9 Å². The highest BCUT2D eigenvalue weighted by Gasteiger charge is 2.16. The van der Waals surface area contributed by atoms with Crippen LogP contribution in [0.2, 0.25) is 0 Å². The van der Waals surface area contributed by atoms with Gasteiger partial charge in [0.25, 0.3) is 5.69 Å². The molecule has 0 aliphatic carbocycles. The van der Waals surface area contributed by atoms with Crippen LogP contribution in [0.3, 0.4) is 0 Å². The third-order valence-electron chi connectivity index (χ3n) is 3.21. The summed E-state index contributed by atoms with van der Waals surface area (Å²) in [6.45, 7) is -0.0432. The highest BCUT2D eigenvalue weighted by Crippen LogP contribution is 2.23. The number of methoxy groups -OCH3 is 1. The van der Waals surface area contributed by atoms with Crippen molar-refractivity contribution < 1.29 is 24.0 Å². The third kappa shape index (κ3) is 3.86. The zero-order valence-corrected chi connectivity index (χ0v) is 12.7. The molecule has 0 radical (unpaired) electrons. The standard InChI is InChI=1S/C16H14N2O6/c1-23-15(19)11-4-2-10(3-5-11)9-24-16(20)12-6-7-13(17)14(8-12)18(21)22/h2-8H,9,17H2,1H3. The van der Waals surface area contributed by atoms with Crippen molar-refractivity contribution in [2.45, 2.75) is 6.61 Å². The Morgan fingerprint density at radius 1 is 1.08 bits per heavy atom. The number of ether oxygens (including phenoxy) is 2. The van der Waals surface area contributed by atoms with E-state index in [0.29, 0.717) is 11.1 Å². The number of rotatable bonds is 5. The normalized spacial score (nSPS) is 10.0. The van der Waals surface area contributed by atoms with E-state index in [9.17, 15) is 19.7 Å². The number of hydrogen-bond acceptors (Lipinski definition) is 7. The van der Waals surface area contributed by atoms with Gasteiger partial charge in [-0.25, -0.2) is 9.59 Å². The molecule has 24 heavy (non-hydrogen) atoms. The Morgan fingerprint density at radius 3 is 2.29 bits per heavy atom. The Labute approximate surface area is 136 Å². The lowest BCUT2D eigenvalue weighted by atomic mass is 10.1. The van der Waals surface area contributed by atoms with E-state index in [1.54, 1.807) is 24.3 Å². The molecule has 2 rings (SSSR count). The number of benzene rings is 2. The van der Waals surface area contributed by atoms with Gasteiger partial charge in [0.15, 0.2) is 0 Å². The maximum Gasteiger partial charge on any atom is 0.338 e. The Balaban J connectivity index is 2.04. The summed E-state index contributed by atoms with van der Waals surface area (Å²) in [4.78, 5) is 33.4. The Hall–Kier alpha value is -3.42. The van der Waals surface area contributed by atoms with Crippen LogP contribution in [0.4, 0.5) is 11.4 Å². The Morgan fingerprint density at radius 2 is 1.71 bits per heavy atom. The molecule has 0 fully saturated rings. The molecule has 0 atom stereocenters. The van der Waals surface area contributed by atoms with E-state index in [1.807, 2.05) is 0 Å². The first-order chi connectivity index (χ1) is 11.4. The van der Waals surface area contributed by atoms with Crippen LogP contribution in [0.1, 0.15) is 26.3 Å². The van der Waals surface area contributed by atoms with Gasteiger partial charge in [-0.15, -0.1) is 0 Å². The number of nitrogen functional groups attached to an aromatic ring is 1. The summed E-state index contributed by atoms with van der Waals surface area (Å²) in [5, 5.41) is 10.8. The lowest BCUT2D eigenvalue weighted by Gasteiger charge is -2.06. The monoisotopic (exact) mass is 330 g/mol. The number of esters is 2. The lowest BCUT2D eigenvalue weighted by molar-refractivity contribution is -0.383. The van der Waals surface area contributed by atoms with Gasteiger partial charge in [0, 0.05) is 6.07 Å². The van der Waals surface area contributed by atoms with Crippen LogP contribution in [0.15, 0.2) is 42.5 Å². The highest BCUT2D eigenvalue weighted by atomic mass is 16.6. The van der Waals surface area contributed by atoms with Crippen LogP contribution in [0.25, 0.3) is 0 Å². The van der Waals surface area contributed by atoms with Crippen molar-refractivity contribution in [3.8, 4) is 0 Å². The average Bonchev–Trinajstić information content (AvgIpc) is 2.59. The average molecular weight is 330 g/mol. The van der Waals surface area contributed by atoms with Crippen molar-refractivity contribution in [2.24, 2.45) is 0 Å². The second kappa shape index (κ2) is 7.23. The number of carbonyl (C=O) groups is 2. The maximum absolute atomic E-state index is 12.0. The summed E-state index contributed by atoms with van der Waals surface area (Å²) >= 11 is 0. The van der Waals surface area contributed by atoms with Crippen LogP contribution >= 0.6 is 0 Å². The molecular weight excluding hydrogens is 316 g/mol. The molecule has 0 heterocycles. The van der Waals surface area contributed by atoms with Crippen LogP contribution < -0.4 is 5.73 Å². The summed E-state index contributed by atoms with van der Waals surface area (Å²) in [6.07, 6.45) is 0. The number of nitrogens with two attached hydrogens (primary N) is 1. The van der Waals surface area contributed by atoms with E-state index < -0.39 is 16.9 Å². The first kappa shape index (κ1) is 16.9. The minimum atomic E-state index is -0.713. The molecule has 8 nitrogen and oxygen atoms in total. The number of carbonyl (C=O) groups excluding carboxylic acids is 2. The molecule has 0 saturated heterocycles.